The summed E-state index contributed by atoms with van der Waals surface area (Å²) in [5.74, 6) is -1.32. The summed E-state index contributed by atoms with van der Waals surface area (Å²) < 4.78 is 16.8. The van der Waals surface area contributed by atoms with Gasteiger partial charge in [-0.25, -0.2) is 0 Å². The third kappa shape index (κ3) is 4.95. The van der Waals surface area contributed by atoms with Crippen molar-refractivity contribution in [1.82, 2.24) is 0 Å². The van der Waals surface area contributed by atoms with Gasteiger partial charge < -0.3 is 4.74 Å². The SMILES string of the molecule is CCOC(=O)C(CCS(=O)c1ccccc1)C(C)=O. The normalized spacial score (nSPS) is 13.6. The van der Waals surface area contributed by atoms with E-state index in [1.54, 1.807) is 31.2 Å². The van der Waals surface area contributed by atoms with Crippen LogP contribution >= 0.6 is 0 Å². The van der Waals surface area contributed by atoms with Crippen molar-refractivity contribution in [2.24, 2.45) is 5.92 Å². The summed E-state index contributed by atoms with van der Waals surface area (Å²) in [4.78, 5) is 23.7. The van der Waals surface area contributed by atoms with Crippen molar-refractivity contribution in [2.75, 3.05) is 12.4 Å². The van der Waals surface area contributed by atoms with Gasteiger partial charge in [-0.1, -0.05) is 18.2 Å². The molecule has 4 nitrogen and oxygen atoms in total. The molecule has 19 heavy (non-hydrogen) atoms. The van der Waals surface area contributed by atoms with Crippen molar-refractivity contribution in [2.45, 2.75) is 25.2 Å². The van der Waals surface area contributed by atoms with E-state index >= 15 is 0 Å². The van der Waals surface area contributed by atoms with E-state index < -0.39 is 22.7 Å². The molecule has 0 N–H and O–H groups in total. The van der Waals surface area contributed by atoms with E-state index in [2.05, 4.69) is 0 Å². The van der Waals surface area contributed by atoms with Crippen LogP contribution in [0.25, 0.3) is 0 Å². The van der Waals surface area contributed by atoms with Gasteiger partial charge in [0.1, 0.15) is 11.7 Å². The molecule has 0 heterocycles. The zero-order valence-corrected chi connectivity index (χ0v) is 11.9. The van der Waals surface area contributed by atoms with Gasteiger partial charge in [-0.3, -0.25) is 13.8 Å². The molecule has 0 aliphatic heterocycles. The molecule has 104 valence electrons. The van der Waals surface area contributed by atoms with E-state index in [9.17, 15) is 13.8 Å². The number of rotatable bonds is 7. The zero-order valence-electron chi connectivity index (χ0n) is 11.1. The van der Waals surface area contributed by atoms with Gasteiger partial charge in [0.15, 0.2) is 0 Å². The summed E-state index contributed by atoms with van der Waals surface area (Å²) in [6.07, 6.45) is 0.246. The Bertz CT molecular complexity index is 456. The molecule has 0 saturated heterocycles. The van der Waals surface area contributed by atoms with Crippen LogP contribution in [0.1, 0.15) is 20.3 Å². The van der Waals surface area contributed by atoms with Gasteiger partial charge in [-0.2, -0.15) is 0 Å². The molecule has 0 aliphatic carbocycles. The van der Waals surface area contributed by atoms with Crippen LogP contribution in [0.15, 0.2) is 35.2 Å². The van der Waals surface area contributed by atoms with E-state index in [1.807, 2.05) is 6.07 Å². The Hall–Kier alpha value is -1.49. The third-order valence-electron chi connectivity index (χ3n) is 2.66. The molecule has 0 amide bonds. The standard InChI is InChI=1S/C14H18O4S/c1-3-18-14(16)13(11(2)15)9-10-19(17)12-7-5-4-6-8-12/h4-8,13H,3,9-10H2,1-2H3. The summed E-state index contributed by atoms with van der Waals surface area (Å²) in [6, 6.07) is 8.99. The van der Waals surface area contributed by atoms with Crippen LogP contribution in [0.4, 0.5) is 0 Å². The summed E-state index contributed by atoms with van der Waals surface area (Å²) >= 11 is 0. The van der Waals surface area contributed by atoms with Crippen molar-refractivity contribution >= 4 is 22.6 Å². The molecule has 0 aromatic heterocycles. The average molecular weight is 282 g/mol. The second-order valence-corrected chi connectivity index (χ2v) is 5.64. The smallest absolute Gasteiger partial charge is 0.316 e. The van der Waals surface area contributed by atoms with Gasteiger partial charge in [-0.05, 0) is 32.4 Å². The summed E-state index contributed by atoms with van der Waals surface area (Å²) in [7, 11) is -1.20. The van der Waals surface area contributed by atoms with Gasteiger partial charge in [0.2, 0.25) is 0 Å². The first-order chi connectivity index (χ1) is 9.06. The van der Waals surface area contributed by atoms with Crippen LogP contribution in [0, 0.1) is 5.92 Å². The van der Waals surface area contributed by atoms with Crippen LogP contribution in [0.5, 0.6) is 0 Å². The quantitative estimate of drug-likeness (QED) is 0.566. The fourth-order valence-electron chi connectivity index (χ4n) is 1.64. The van der Waals surface area contributed by atoms with Crippen LogP contribution in [-0.4, -0.2) is 28.3 Å². The van der Waals surface area contributed by atoms with E-state index in [0.29, 0.717) is 4.90 Å². The predicted molar refractivity (Wildman–Crippen MR) is 73.1 cm³/mol. The van der Waals surface area contributed by atoms with Gasteiger partial charge in [0.05, 0.1) is 17.4 Å². The number of Topliss-reactive ketones (excluding diaryl/α,β-unsaturated/α-hetero) is 1. The molecule has 1 aromatic carbocycles. The molecule has 0 radical (unpaired) electrons. The lowest BCUT2D eigenvalue weighted by Crippen LogP contribution is -2.26. The third-order valence-corrected chi connectivity index (χ3v) is 4.06. The molecule has 0 fully saturated rings. The number of ketones is 1. The summed E-state index contributed by atoms with van der Waals surface area (Å²) in [5, 5.41) is 0. The number of ether oxygens (including phenoxy) is 1. The van der Waals surface area contributed by atoms with Crippen molar-refractivity contribution in [3.63, 3.8) is 0 Å². The van der Waals surface area contributed by atoms with Crippen molar-refractivity contribution in [3.8, 4) is 0 Å². The Morgan fingerprint density at radius 1 is 1.26 bits per heavy atom. The number of carbonyl (C=O) groups excluding carboxylic acids is 2. The van der Waals surface area contributed by atoms with Crippen LogP contribution in [0.2, 0.25) is 0 Å². The van der Waals surface area contributed by atoms with E-state index in [4.69, 9.17) is 4.74 Å². The Morgan fingerprint density at radius 2 is 1.89 bits per heavy atom. The molecule has 1 aromatic rings. The highest BCUT2D eigenvalue weighted by molar-refractivity contribution is 7.85. The zero-order chi connectivity index (χ0) is 14.3. The van der Waals surface area contributed by atoms with Crippen molar-refractivity contribution < 1.29 is 18.5 Å². The maximum atomic E-state index is 12.0. The number of hydrogen-bond acceptors (Lipinski definition) is 4. The van der Waals surface area contributed by atoms with E-state index in [0.717, 1.165) is 0 Å². The number of carbonyl (C=O) groups is 2. The topological polar surface area (TPSA) is 60.4 Å². The molecule has 0 bridgehead atoms. The molecule has 5 heteroatoms. The molecule has 2 atom stereocenters. The largest absolute Gasteiger partial charge is 0.465 e. The predicted octanol–water partition coefficient (Wildman–Crippen LogP) is 1.95. The first-order valence-corrected chi connectivity index (χ1v) is 7.48. The monoisotopic (exact) mass is 282 g/mol. The lowest BCUT2D eigenvalue weighted by molar-refractivity contribution is -0.151. The molecular formula is C14H18O4S. The number of esters is 1. The lowest BCUT2D eigenvalue weighted by atomic mass is 10.0. The van der Waals surface area contributed by atoms with Crippen LogP contribution in [0.3, 0.4) is 0 Å². The summed E-state index contributed by atoms with van der Waals surface area (Å²) in [6.45, 7) is 3.29. The van der Waals surface area contributed by atoms with Crippen molar-refractivity contribution in [3.05, 3.63) is 30.3 Å². The Morgan fingerprint density at radius 3 is 2.42 bits per heavy atom. The number of hydrogen-bond donors (Lipinski definition) is 0. The Kier molecular flexibility index (Phi) is 6.42. The van der Waals surface area contributed by atoms with Gasteiger partial charge in [-0.15, -0.1) is 0 Å². The first-order valence-electron chi connectivity index (χ1n) is 6.16. The highest BCUT2D eigenvalue weighted by Crippen LogP contribution is 2.13. The summed E-state index contributed by atoms with van der Waals surface area (Å²) in [5.41, 5.74) is 0. The fourth-order valence-corrected chi connectivity index (χ4v) is 2.79. The minimum absolute atomic E-state index is 0.240. The van der Waals surface area contributed by atoms with E-state index in [1.165, 1.54) is 6.92 Å². The maximum absolute atomic E-state index is 12.0. The second kappa shape index (κ2) is 7.84. The average Bonchev–Trinajstić information content (AvgIpc) is 2.39. The second-order valence-electron chi connectivity index (χ2n) is 4.07. The maximum Gasteiger partial charge on any atom is 0.316 e. The Balaban J connectivity index is 2.60. The highest BCUT2D eigenvalue weighted by Gasteiger charge is 2.25. The van der Waals surface area contributed by atoms with Crippen LogP contribution < -0.4 is 0 Å². The van der Waals surface area contributed by atoms with Gasteiger partial charge in [0, 0.05) is 10.6 Å². The lowest BCUT2D eigenvalue weighted by Gasteiger charge is -2.12. The molecule has 2 unspecified atom stereocenters. The molecular weight excluding hydrogens is 264 g/mol. The molecule has 0 spiro atoms. The highest BCUT2D eigenvalue weighted by atomic mass is 32.2. The molecule has 0 aliphatic rings. The first kappa shape index (κ1) is 15.6. The van der Waals surface area contributed by atoms with Crippen molar-refractivity contribution in [1.29, 1.82) is 0 Å². The van der Waals surface area contributed by atoms with Gasteiger partial charge >= 0.3 is 5.97 Å². The Labute approximate surface area is 115 Å². The minimum atomic E-state index is -1.20. The minimum Gasteiger partial charge on any atom is -0.465 e. The fraction of sp³-hybridized carbons (Fsp3) is 0.429. The van der Waals surface area contributed by atoms with E-state index in [-0.39, 0.29) is 24.6 Å². The molecule has 1 rings (SSSR count). The number of benzene rings is 1. The van der Waals surface area contributed by atoms with Crippen LogP contribution in [-0.2, 0) is 25.1 Å². The van der Waals surface area contributed by atoms with Gasteiger partial charge in [0.25, 0.3) is 0 Å². The molecule has 0 saturated carbocycles.